The number of hydrogen-bond acceptors (Lipinski definition) is 33. The Morgan fingerprint density at radius 1 is 0.507 bits per heavy atom. The molecule has 6 saturated heterocycles. The van der Waals surface area contributed by atoms with E-state index in [1.807, 2.05) is 14.1 Å². The molecule has 0 aliphatic carbocycles. The monoisotopic (exact) mass is 2120 g/mol. The number of phosphoric ester groups is 3. The lowest BCUT2D eigenvalue weighted by molar-refractivity contribution is -0.384. The number of aliphatic imine (C=N–C) groups is 1. The van der Waals surface area contributed by atoms with Crippen LogP contribution in [0.25, 0.3) is 0 Å². The number of aromatic nitrogens is 6. The quantitative estimate of drug-likeness (QED) is 0.00839. The second kappa shape index (κ2) is 45.3. The van der Waals surface area contributed by atoms with Gasteiger partial charge in [-0.2, -0.15) is 15.0 Å². The highest BCUT2D eigenvalue weighted by molar-refractivity contribution is 7.49. The van der Waals surface area contributed by atoms with Crippen molar-refractivity contribution in [3.63, 3.8) is 0 Å². The Balaban J connectivity index is 0.000000194. The lowest BCUT2D eigenvalue weighted by atomic mass is 10.1. The molecule has 0 bridgehead atoms. The SMILES string of the molecule is CC(C)(C)[Si](C)(C)O[C@H]1[C@H](O[Si](C)(C)C(C)(C)C)[C@@H](CO[P@]2(=O)OCC[C@H](c3cccc(Cl)c3F)O2)O[C@H]1n1ccc(N)nc1=O.CN(C)C=Nc1ccn([C@@H]2O[C@H](CO)[C@@H](O[Si](C)(C)C(C)(C)C)[C@@H]2O[Si](C)(C)C(C)(C)C)c(=O)n1.Nc1ccn([C@@H]2O[C@H](CO[P@]3(=O)OCC[C@H](c4cccc(Cl)c4F)O3)[C@@H](O)[C@@H]2O)c(=O)n1.O=[N+]([O-])c1ccc(O[P@@]2(=O)OCC[C@H](c3cccc(Cl)c3F)O2)cc1. The van der Waals surface area contributed by atoms with Crippen molar-refractivity contribution in [1.29, 1.82) is 0 Å². The number of hydrogen-bond donors (Lipinski definition) is 5. The maximum absolute atomic E-state index is 14.8. The second-order valence-electron chi connectivity index (χ2n) is 39.9. The summed E-state index contributed by atoms with van der Waals surface area (Å²) in [5.74, 6) is -1.57. The van der Waals surface area contributed by atoms with Crippen molar-refractivity contribution in [2.45, 2.75) is 267 Å². The fourth-order valence-corrected chi connectivity index (χ4v) is 23.6. The molecule has 3 aromatic heterocycles. The molecule has 0 saturated carbocycles. The molecule has 764 valence electrons. The maximum atomic E-state index is 14.8. The summed E-state index contributed by atoms with van der Waals surface area (Å²) in [5, 5.41) is 40.7. The summed E-state index contributed by atoms with van der Waals surface area (Å²) in [7, 11) is -18.2. The number of nitrogens with two attached hydrogens (primary N) is 2. The molecule has 138 heavy (non-hydrogen) atoms. The van der Waals surface area contributed by atoms with Gasteiger partial charge in [0.05, 0.1) is 78.2 Å². The Labute approximate surface area is 818 Å². The summed E-state index contributed by atoms with van der Waals surface area (Å²) in [6, 6.07) is 22.8. The summed E-state index contributed by atoms with van der Waals surface area (Å²) in [6.45, 7) is 41.8. The van der Waals surface area contributed by atoms with Crippen molar-refractivity contribution in [2.75, 3.05) is 65.2 Å². The van der Waals surface area contributed by atoms with E-state index in [4.69, 9.17) is 119 Å². The highest BCUT2D eigenvalue weighted by Crippen LogP contribution is 2.61. The maximum Gasteiger partial charge on any atom is 0.530 e. The van der Waals surface area contributed by atoms with E-state index in [-0.39, 0.29) is 127 Å². The smallest absolute Gasteiger partial charge is 0.408 e. The predicted molar refractivity (Wildman–Crippen MR) is 521 cm³/mol. The largest absolute Gasteiger partial charge is 0.530 e. The van der Waals surface area contributed by atoms with E-state index in [0.717, 1.165) is 4.57 Å². The van der Waals surface area contributed by atoms with Crippen molar-refractivity contribution < 1.29 is 120 Å². The van der Waals surface area contributed by atoms with Crippen molar-refractivity contribution >= 4 is 121 Å². The Bertz CT molecular complexity index is 5790. The van der Waals surface area contributed by atoms with E-state index >= 15 is 0 Å². The third kappa shape index (κ3) is 27.9. The van der Waals surface area contributed by atoms with Gasteiger partial charge in [0, 0.05) is 80.8 Å². The van der Waals surface area contributed by atoms with Crippen LogP contribution in [0.4, 0.5) is 36.3 Å². The summed E-state index contributed by atoms with van der Waals surface area (Å²) in [6.07, 6.45) is -7.19. The average Bonchev–Trinajstić information content (AvgIpc) is 1.61. The normalized spacial score (nSPS) is 27.3. The molecule has 6 fully saturated rings. The zero-order chi connectivity index (χ0) is 103. The molecule has 9 heterocycles. The van der Waals surface area contributed by atoms with E-state index in [9.17, 15) is 66.7 Å². The summed E-state index contributed by atoms with van der Waals surface area (Å²) >= 11 is 17.5. The molecular weight excluding hydrogens is 2000 g/mol. The Hall–Kier alpha value is -6.71. The van der Waals surface area contributed by atoms with Gasteiger partial charge in [-0.1, -0.05) is 154 Å². The topological polar surface area (TPSA) is 475 Å². The van der Waals surface area contributed by atoms with Crippen LogP contribution < -0.4 is 33.1 Å². The third-order valence-corrected chi connectivity index (χ3v) is 48.7. The minimum Gasteiger partial charge on any atom is -0.408 e. The predicted octanol–water partition coefficient (Wildman–Crippen LogP) is 18.3. The standard InChI is InChI=1S/C30H48ClFN3O8PSi2.C24H46N4O5Si2.C18H20ClFN3O8P.C15H12ClFNO6P/c1-29(2,3)45(7,8)42-25-22(18-39-44(37)38-17-15-21(41-44)19-12-11-13-20(31)24(19)32)40-27(35-16-14-23(33)34-28(35)36)26(25)43-46(9,10)30(4,5)6;1-23(2,3)34(9,10)32-19-17(15-29)31-21(20(19)33-35(11,12)24(4,5)6)28-14-13-18(26-22(28)30)25-16-27(7)8;19-10-3-1-2-9(14(10)20)11-5-7-28-32(27,31-11)29-8-12-15(24)16(25)17(30-12)23-6-4-13(21)22-18(23)26;16-13-3-1-2-12(15(13)17)14-8-9-22-25(21,24-14)23-11-6-4-10(5-7-11)18(19)20/h11-14,16,21-22,25-27H,15,17-18H2,1-10H3,(H2,33,34,36);13-14,16-17,19-21,29H,15H2,1-12H3;1-4,6,11-12,15-17,24-25H,5,7-8H2,(H2,21,22,26);1-7,14H,8-9H2/t21-,22-,25-,26+,27-,44+;17-,19-,20+,21-;11-,12-,15-,16+,17-,32+;14-,25-/m1111/s1. The second-order valence-corrected chi connectivity index (χ2v) is 64.9. The number of ether oxygens (including phenoxy) is 3. The fourth-order valence-electron chi connectivity index (χ4n) is 13.7. The molecule has 0 spiro atoms. The Morgan fingerprint density at radius 3 is 1.22 bits per heavy atom. The zero-order valence-corrected chi connectivity index (χ0v) is 90.0. The van der Waals surface area contributed by atoms with Gasteiger partial charge in [-0.25, -0.2) is 46.2 Å². The number of aliphatic hydroxyl groups excluding tert-OH is 3. The number of nitrogen functional groups attached to an aromatic ring is 2. The molecule has 4 aromatic carbocycles. The molecule has 0 unspecified atom stereocenters. The van der Waals surface area contributed by atoms with Gasteiger partial charge in [0.25, 0.3) is 5.69 Å². The average molecular weight is 2130 g/mol. The van der Waals surface area contributed by atoms with Crippen LogP contribution in [-0.4, -0.2) is 202 Å². The number of anilines is 2. The summed E-state index contributed by atoms with van der Waals surface area (Å²) < 4.78 is 181. The van der Waals surface area contributed by atoms with Crippen LogP contribution in [0, 0.1) is 27.6 Å². The highest BCUT2D eigenvalue weighted by Gasteiger charge is 2.58. The van der Waals surface area contributed by atoms with Crippen LogP contribution in [0.15, 0.2) is 135 Å². The lowest BCUT2D eigenvalue weighted by Gasteiger charge is -2.44. The Morgan fingerprint density at radius 2 is 0.848 bits per heavy atom. The van der Waals surface area contributed by atoms with E-state index in [2.05, 4.69) is 155 Å². The van der Waals surface area contributed by atoms with Gasteiger partial charge >= 0.3 is 40.5 Å². The first-order valence-electron chi connectivity index (χ1n) is 44.4. The molecule has 6 aliphatic rings. The molecule has 0 amide bonds. The van der Waals surface area contributed by atoms with Gasteiger partial charge in [-0.15, -0.1) is 0 Å². The van der Waals surface area contributed by atoms with Crippen LogP contribution in [-0.2, 0) is 81.8 Å². The number of nitro groups is 1. The van der Waals surface area contributed by atoms with Crippen LogP contribution in [0.5, 0.6) is 5.75 Å². The molecule has 18 atom stereocenters. The summed E-state index contributed by atoms with van der Waals surface area (Å²) in [5.41, 5.74) is 9.63. The van der Waals surface area contributed by atoms with E-state index in [0.29, 0.717) is 5.82 Å². The number of nitrogens with zero attached hydrogens (tertiary/aromatic N) is 9. The van der Waals surface area contributed by atoms with Crippen LogP contribution in [0.3, 0.4) is 0 Å². The molecule has 7 aromatic rings. The number of halogens is 6. The first-order chi connectivity index (χ1) is 63.9. The van der Waals surface area contributed by atoms with Crippen molar-refractivity contribution in [1.82, 2.24) is 33.6 Å². The third-order valence-electron chi connectivity index (χ3n) is 25.5. The minimum absolute atomic E-state index is 0.00948. The fraction of sp³-hybridized carbons (Fsp3) is 0.575. The number of phosphoric acid groups is 3. The van der Waals surface area contributed by atoms with Gasteiger partial charge < -0.3 is 68.1 Å². The minimum atomic E-state index is -4.19. The number of aliphatic hydroxyl groups is 3. The lowest BCUT2D eigenvalue weighted by Crippen LogP contribution is -2.54. The van der Waals surface area contributed by atoms with Crippen molar-refractivity contribution in [3.8, 4) is 5.75 Å². The van der Waals surface area contributed by atoms with Gasteiger partial charge in [0.2, 0.25) is 0 Å². The molecular formula is C87H126Cl3F3N11O27P3Si4. The summed E-state index contributed by atoms with van der Waals surface area (Å²) in [4.78, 5) is 65.8. The van der Waals surface area contributed by atoms with Crippen LogP contribution >= 0.6 is 58.3 Å². The number of non-ortho nitro benzene ring substituents is 1. The Kier molecular flexibility index (Phi) is 37.2. The van der Waals surface area contributed by atoms with Crippen molar-refractivity contribution in [3.05, 3.63) is 206 Å². The first-order valence-corrected chi connectivity index (χ1v) is 61.5. The molecule has 13 rings (SSSR count). The molecule has 51 heteroatoms. The highest BCUT2D eigenvalue weighted by atomic mass is 35.5. The van der Waals surface area contributed by atoms with Crippen LogP contribution in [0.2, 0.25) is 87.6 Å². The first kappa shape index (κ1) is 113. The molecule has 0 radical (unpaired) electrons. The molecule has 38 nitrogen and oxygen atoms in total. The van der Waals surface area contributed by atoms with Gasteiger partial charge in [0.1, 0.15) is 95.9 Å². The van der Waals surface area contributed by atoms with E-state index in [1.54, 1.807) is 35.6 Å². The van der Waals surface area contributed by atoms with Crippen LogP contribution in [0.1, 0.15) is 156 Å². The van der Waals surface area contributed by atoms with Gasteiger partial charge in [-0.3, -0.25) is 60.0 Å². The van der Waals surface area contributed by atoms with E-state index in [1.165, 1.54) is 100 Å². The zero-order valence-electron chi connectivity index (χ0n) is 81.0. The van der Waals surface area contributed by atoms with Gasteiger partial charge in [0.15, 0.2) is 57.8 Å². The molecule has 7 N–H and O–H groups in total. The number of rotatable bonds is 26. The number of nitro benzene ring substituents is 1. The molecule has 6 aliphatic heterocycles. The van der Waals surface area contributed by atoms with E-state index < -0.39 is 195 Å². The number of benzene rings is 4. The van der Waals surface area contributed by atoms with Crippen molar-refractivity contribution in [2.24, 2.45) is 4.99 Å². The van der Waals surface area contributed by atoms with Gasteiger partial charge in [-0.05, 0) is 121 Å².